The zero-order valence-corrected chi connectivity index (χ0v) is 10.9. The van der Waals surface area contributed by atoms with E-state index < -0.39 is 11.6 Å². The Kier molecular flexibility index (Phi) is 7.47. The highest BCUT2D eigenvalue weighted by Crippen LogP contribution is 2.11. The minimum atomic E-state index is -0.871. The van der Waals surface area contributed by atoms with Crippen LogP contribution in [0.4, 0.5) is 8.78 Å². The first kappa shape index (κ1) is 16.8. The van der Waals surface area contributed by atoms with Crippen LogP contribution in [0.5, 0.6) is 0 Å². The first-order chi connectivity index (χ1) is 8.06. The van der Waals surface area contributed by atoms with Gasteiger partial charge in [-0.3, -0.25) is 4.79 Å². The molecule has 3 nitrogen and oxygen atoms in total. The zero-order chi connectivity index (χ0) is 12.8. The molecule has 1 aromatic carbocycles. The lowest BCUT2D eigenvalue weighted by Gasteiger charge is -2.10. The summed E-state index contributed by atoms with van der Waals surface area (Å²) in [5.74, 6) is -2.17. The maximum atomic E-state index is 13.2. The summed E-state index contributed by atoms with van der Waals surface area (Å²) in [7, 11) is 0. The van der Waals surface area contributed by atoms with E-state index in [2.05, 4.69) is 5.32 Å². The number of halogens is 3. The van der Waals surface area contributed by atoms with Crippen LogP contribution < -0.4 is 11.1 Å². The molecule has 0 aliphatic heterocycles. The van der Waals surface area contributed by atoms with Crippen molar-refractivity contribution in [2.45, 2.75) is 13.3 Å². The second-order valence-corrected chi connectivity index (χ2v) is 3.89. The quantitative estimate of drug-likeness (QED) is 0.860. The van der Waals surface area contributed by atoms with E-state index in [1.807, 2.05) is 0 Å². The number of amides is 1. The van der Waals surface area contributed by atoms with Gasteiger partial charge in [0.25, 0.3) is 0 Å². The molecule has 0 spiro atoms. The zero-order valence-electron chi connectivity index (χ0n) is 10.1. The predicted octanol–water partition coefficient (Wildman–Crippen LogP) is 1.64. The van der Waals surface area contributed by atoms with Crippen molar-refractivity contribution in [2.24, 2.45) is 11.7 Å². The molecule has 1 aromatic rings. The van der Waals surface area contributed by atoms with Crippen molar-refractivity contribution in [1.29, 1.82) is 0 Å². The number of benzene rings is 1. The average Bonchev–Trinajstić information content (AvgIpc) is 2.33. The molecule has 0 saturated heterocycles. The Bertz CT molecular complexity index is 402. The van der Waals surface area contributed by atoms with Crippen molar-refractivity contribution in [1.82, 2.24) is 5.32 Å². The van der Waals surface area contributed by atoms with Crippen molar-refractivity contribution < 1.29 is 13.6 Å². The lowest BCUT2D eigenvalue weighted by molar-refractivity contribution is -0.124. The van der Waals surface area contributed by atoms with Crippen LogP contribution in [0, 0.1) is 17.6 Å². The Morgan fingerprint density at radius 2 is 2.11 bits per heavy atom. The maximum Gasteiger partial charge on any atom is 0.224 e. The standard InChI is InChI=1S/C12H16F2N2O.ClH/c1-8(7-15)12(17)16-6-5-9-3-2-4-10(13)11(9)14;/h2-4,8H,5-7,15H2,1H3,(H,16,17);1H. The third kappa shape index (κ3) is 4.58. The summed E-state index contributed by atoms with van der Waals surface area (Å²) < 4.78 is 26.1. The van der Waals surface area contributed by atoms with Gasteiger partial charge in [0.05, 0.1) is 0 Å². The van der Waals surface area contributed by atoms with Crippen LogP contribution in [-0.2, 0) is 11.2 Å². The molecule has 0 aliphatic carbocycles. The molecular weight excluding hydrogens is 262 g/mol. The van der Waals surface area contributed by atoms with Gasteiger partial charge in [-0.2, -0.15) is 0 Å². The molecule has 0 radical (unpaired) electrons. The molecule has 102 valence electrons. The number of nitrogens with two attached hydrogens (primary N) is 1. The molecule has 0 aliphatic rings. The van der Waals surface area contributed by atoms with Crippen LogP contribution in [-0.4, -0.2) is 19.0 Å². The van der Waals surface area contributed by atoms with Crippen LogP contribution in [0.3, 0.4) is 0 Å². The molecule has 1 amide bonds. The highest BCUT2D eigenvalue weighted by atomic mass is 35.5. The number of carbonyl (C=O) groups is 1. The molecule has 18 heavy (non-hydrogen) atoms. The lowest BCUT2D eigenvalue weighted by Crippen LogP contribution is -2.34. The van der Waals surface area contributed by atoms with Crippen LogP contribution in [0.25, 0.3) is 0 Å². The normalized spacial score (nSPS) is 11.6. The van der Waals surface area contributed by atoms with Crippen molar-refractivity contribution in [3.05, 3.63) is 35.4 Å². The Hall–Kier alpha value is -1.20. The topological polar surface area (TPSA) is 55.1 Å². The molecule has 1 rings (SSSR count). The second kappa shape index (κ2) is 8.00. The third-order valence-corrected chi connectivity index (χ3v) is 2.53. The Morgan fingerprint density at radius 3 is 2.72 bits per heavy atom. The number of hydrogen-bond acceptors (Lipinski definition) is 2. The minimum absolute atomic E-state index is 0. The largest absolute Gasteiger partial charge is 0.355 e. The van der Waals surface area contributed by atoms with E-state index in [9.17, 15) is 13.6 Å². The first-order valence-corrected chi connectivity index (χ1v) is 5.47. The van der Waals surface area contributed by atoms with E-state index in [1.165, 1.54) is 12.1 Å². The lowest BCUT2D eigenvalue weighted by atomic mass is 10.1. The summed E-state index contributed by atoms with van der Waals surface area (Å²) in [6.45, 7) is 2.24. The molecular formula is C12H17ClF2N2O. The van der Waals surface area contributed by atoms with E-state index in [-0.39, 0.29) is 49.3 Å². The molecule has 1 unspecified atom stereocenters. The Morgan fingerprint density at radius 1 is 1.44 bits per heavy atom. The number of hydrogen-bond donors (Lipinski definition) is 2. The Labute approximate surface area is 111 Å². The van der Waals surface area contributed by atoms with Gasteiger partial charge in [-0.1, -0.05) is 19.1 Å². The van der Waals surface area contributed by atoms with E-state index >= 15 is 0 Å². The molecule has 0 saturated carbocycles. The Balaban J connectivity index is 0.00000289. The molecule has 0 bridgehead atoms. The first-order valence-electron chi connectivity index (χ1n) is 5.47. The highest BCUT2D eigenvalue weighted by molar-refractivity contribution is 5.85. The van der Waals surface area contributed by atoms with Gasteiger partial charge in [0.15, 0.2) is 11.6 Å². The summed E-state index contributed by atoms with van der Waals surface area (Å²) in [5.41, 5.74) is 5.58. The van der Waals surface area contributed by atoms with E-state index in [0.29, 0.717) is 0 Å². The number of carbonyl (C=O) groups excluding carboxylic acids is 1. The molecule has 3 N–H and O–H groups in total. The summed E-state index contributed by atoms with van der Waals surface area (Å²) in [6.07, 6.45) is 0.257. The molecule has 0 aromatic heterocycles. The van der Waals surface area contributed by atoms with Crippen LogP contribution in [0.15, 0.2) is 18.2 Å². The van der Waals surface area contributed by atoms with Gasteiger partial charge in [0.1, 0.15) is 0 Å². The summed E-state index contributed by atoms with van der Waals surface area (Å²) in [5, 5.41) is 2.62. The van der Waals surface area contributed by atoms with Gasteiger partial charge in [-0.15, -0.1) is 12.4 Å². The molecule has 0 heterocycles. The van der Waals surface area contributed by atoms with Gasteiger partial charge in [0, 0.05) is 19.0 Å². The predicted molar refractivity (Wildman–Crippen MR) is 68.5 cm³/mol. The monoisotopic (exact) mass is 278 g/mol. The SMILES string of the molecule is CC(CN)C(=O)NCCc1cccc(F)c1F.Cl. The van der Waals surface area contributed by atoms with Crippen molar-refractivity contribution in [3.8, 4) is 0 Å². The van der Waals surface area contributed by atoms with E-state index in [0.717, 1.165) is 6.07 Å². The van der Waals surface area contributed by atoms with Gasteiger partial charge in [0.2, 0.25) is 5.91 Å². The summed E-state index contributed by atoms with van der Waals surface area (Å²) in [6, 6.07) is 4.00. The minimum Gasteiger partial charge on any atom is -0.355 e. The maximum absolute atomic E-state index is 13.2. The molecule has 0 fully saturated rings. The third-order valence-electron chi connectivity index (χ3n) is 2.53. The van der Waals surface area contributed by atoms with Crippen LogP contribution in [0.2, 0.25) is 0 Å². The van der Waals surface area contributed by atoms with Crippen molar-refractivity contribution in [3.63, 3.8) is 0 Å². The van der Waals surface area contributed by atoms with Gasteiger partial charge < -0.3 is 11.1 Å². The van der Waals surface area contributed by atoms with Gasteiger partial charge >= 0.3 is 0 Å². The van der Waals surface area contributed by atoms with E-state index in [1.54, 1.807) is 6.92 Å². The van der Waals surface area contributed by atoms with Gasteiger partial charge in [-0.05, 0) is 18.1 Å². The molecule has 1 atom stereocenters. The fourth-order valence-electron chi connectivity index (χ4n) is 1.34. The fraction of sp³-hybridized carbons (Fsp3) is 0.417. The van der Waals surface area contributed by atoms with Crippen molar-refractivity contribution in [2.75, 3.05) is 13.1 Å². The second-order valence-electron chi connectivity index (χ2n) is 3.89. The smallest absolute Gasteiger partial charge is 0.224 e. The summed E-state index contributed by atoms with van der Waals surface area (Å²) in [4.78, 5) is 11.4. The van der Waals surface area contributed by atoms with Crippen LogP contribution >= 0.6 is 12.4 Å². The van der Waals surface area contributed by atoms with E-state index in [4.69, 9.17) is 5.73 Å². The number of nitrogens with one attached hydrogen (secondary N) is 1. The summed E-state index contributed by atoms with van der Waals surface area (Å²) >= 11 is 0. The fourth-order valence-corrected chi connectivity index (χ4v) is 1.34. The highest BCUT2D eigenvalue weighted by Gasteiger charge is 2.11. The van der Waals surface area contributed by atoms with Crippen molar-refractivity contribution >= 4 is 18.3 Å². The molecule has 6 heteroatoms. The average molecular weight is 279 g/mol. The van der Waals surface area contributed by atoms with Crippen LogP contribution in [0.1, 0.15) is 12.5 Å². The van der Waals surface area contributed by atoms with Gasteiger partial charge in [-0.25, -0.2) is 8.78 Å². The number of rotatable bonds is 5.